The van der Waals surface area contributed by atoms with E-state index in [0.717, 1.165) is 5.56 Å². The number of nitrogens with two attached hydrogens (primary N) is 1. The second kappa shape index (κ2) is 6.07. The van der Waals surface area contributed by atoms with Gasteiger partial charge in [0, 0.05) is 12.1 Å². The number of carbonyl (C=O) groups is 1. The summed E-state index contributed by atoms with van der Waals surface area (Å²) < 4.78 is 5.19. The number of ether oxygens (including phenoxy) is 1. The van der Waals surface area contributed by atoms with E-state index in [4.69, 9.17) is 22.1 Å². The highest BCUT2D eigenvalue weighted by atomic mass is 35.5. The number of carboxylic acid groups (broad SMARTS) is 1. The molecule has 1 aromatic carbocycles. The first-order valence-electron chi connectivity index (χ1n) is 5.72. The van der Waals surface area contributed by atoms with Gasteiger partial charge in [0.1, 0.15) is 5.75 Å². The van der Waals surface area contributed by atoms with Gasteiger partial charge in [0.15, 0.2) is 0 Å². The molecule has 18 heavy (non-hydrogen) atoms. The Labute approximate surface area is 112 Å². The molecule has 0 radical (unpaired) electrons. The van der Waals surface area contributed by atoms with Crippen LogP contribution in [-0.2, 0) is 4.79 Å². The van der Waals surface area contributed by atoms with Crippen LogP contribution in [0.4, 0.5) is 0 Å². The molecule has 0 aliphatic rings. The number of benzene rings is 1. The SMILES string of the molecule is COc1c(Cl)cc(C(C)C)cc1C(CN)C(=O)O. The third-order valence-electron chi connectivity index (χ3n) is 2.87. The minimum absolute atomic E-state index is 0.00354. The molecule has 0 saturated carbocycles. The summed E-state index contributed by atoms with van der Waals surface area (Å²) >= 11 is 6.13. The second-order valence-corrected chi connectivity index (χ2v) is 4.81. The predicted octanol–water partition coefficient (Wildman–Crippen LogP) is 2.60. The third-order valence-corrected chi connectivity index (χ3v) is 3.16. The van der Waals surface area contributed by atoms with Crippen molar-refractivity contribution in [2.75, 3.05) is 13.7 Å². The van der Waals surface area contributed by atoms with Crippen molar-refractivity contribution in [2.24, 2.45) is 5.73 Å². The third kappa shape index (κ3) is 2.94. The van der Waals surface area contributed by atoms with E-state index in [1.54, 1.807) is 12.1 Å². The van der Waals surface area contributed by atoms with Gasteiger partial charge in [0.05, 0.1) is 18.1 Å². The van der Waals surface area contributed by atoms with Crippen LogP contribution in [0, 0.1) is 0 Å². The molecule has 0 heterocycles. The Bertz CT molecular complexity index is 446. The molecule has 1 rings (SSSR count). The lowest BCUT2D eigenvalue weighted by Crippen LogP contribution is -2.22. The number of methoxy groups -OCH3 is 1. The lowest BCUT2D eigenvalue weighted by Gasteiger charge is -2.18. The Morgan fingerprint density at radius 1 is 1.50 bits per heavy atom. The Balaban J connectivity index is 3.42. The van der Waals surface area contributed by atoms with Gasteiger partial charge in [-0.25, -0.2) is 0 Å². The van der Waals surface area contributed by atoms with Crippen LogP contribution in [-0.4, -0.2) is 24.7 Å². The van der Waals surface area contributed by atoms with Gasteiger partial charge >= 0.3 is 5.97 Å². The molecule has 0 bridgehead atoms. The van der Waals surface area contributed by atoms with E-state index >= 15 is 0 Å². The molecule has 0 amide bonds. The molecule has 0 aliphatic carbocycles. The Kier molecular flexibility index (Phi) is 4.99. The maximum atomic E-state index is 11.2. The summed E-state index contributed by atoms with van der Waals surface area (Å²) in [5.41, 5.74) is 7.03. The molecule has 1 atom stereocenters. The van der Waals surface area contributed by atoms with E-state index < -0.39 is 11.9 Å². The van der Waals surface area contributed by atoms with Crippen LogP contribution in [0.2, 0.25) is 5.02 Å². The van der Waals surface area contributed by atoms with Gasteiger partial charge in [-0.15, -0.1) is 0 Å². The van der Waals surface area contributed by atoms with Gasteiger partial charge in [0.25, 0.3) is 0 Å². The summed E-state index contributed by atoms with van der Waals surface area (Å²) in [6, 6.07) is 3.60. The average molecular weight is 272 g/mol. The molecule has 0 saturated heterocycles. The smallest absolute Gasteiger partial charge is 0.312 e. The molecule has 0 aromatic heterocycles. The molecule has 0 fully saturated rings. The predicted molar refractivity (Wildman–Crippen MR) is 71.5 cm³/mol. The van der Waals surface area contributed by atoms with Crippen molar-refractivity contribution in [3.8, 4) is 5.75 Å². The fourth-order valence-corrected chi connectivity index (χ4v) is 2.12. The zero-order valence-electron chi connectivity index (χ0n) is 10.7. The lowest BCUT2D eigenvalue weighted by molar-refractivity contribution is -0.138. The van der Waals surface area contributed by atoms with Gasteiger partial charge in [-0.1, -0.05) is 31.5 Å². The summed E-state index contributed by atoms with van der Waals surface area (Å²) in [5.74, 6) is -1.15. The number of aliphatic carboxylic acids is 1. The Morgan fingerprint density at radius 3 is 2.50 bits per heavy atom. The Hall–Kier alpha value is -1.26. The highest BCUT2D eigenvalue weighted by Gasteiger charge is 2.24. The van der Waals surface area contributed by atoms with Crippen LogP contribution in [0.25, 0.3) is 0 Å². The van der Waals surface area contributed by atoms with Gasteiger partial charge < -0.3 is 15.6 Å². The zero-order chi connectivity index (χ0) is 13.9. The lowest BCUT2D eigenvalue weighted by atomic mass is 9.93. The van der Waals surface area contributed by atoms with E-state index in [1.165, 1.54) is 7.11 Å². The molecule has 3 N–H and O–H groups in total. The minimum Gasteiger partial charge on any atom is -0.495 e. The number of hydrogen-bond donors (Lipinski definition) is 2. The normalized spacial score (nSPS) is 12.6. The summed E-state index contributed by atoms with van der Waals surface area (Å²) in [4.78, 5) is 11.2. The van der Waals surface area contributed by atoms with E-state index in [2.05, 4.69) is 0 Å². The van der Waals surface area contributed by atoms with Crippen LogP contribution < -0.4 is 10.5 Å². The highest BCUT2D eigenvalue weighted by Crippen LogP contribution is 2.36. The maximum Gasteiger partial charge on any atom is 0.312 e. The van der Waals surface area contributed by atoms with Crippen molar-refractivity contribution >= 4 is 17.6 Å². The number of hydrogen-bond acceptors (Lipinski definition) is 3. The van der Waals surface area contributed by atoms with E-state index in [-0.39, 0.29) is 12.5 Å². The van der Waals surface area contributed by atoms with Crippen LogP contribution in [0.1, 0.15) is 36.8 Å². The van der Waals surface area contributed by atoms with E-state index in [9.17, 15) is 9.90 Å². The molecule has 1 unspecified atom stereocenters. The number of halogens is 1. The van der Waals surface area contributed by atoms with Crippen molar-refractivity contribution in [3.63, 3.8) is 0 Å². The van der Waals surface area contributed by atoms with Crippen LogP contribution >= 0.6 is 11.6 Å². The maximum absolute atomic E-state index is 11.2. The fourth-order valence-electron chi connectivity index (χ4n) is 1.80. The monoisotopic (exact) mass is 271 g/mol. The van der Waals surface area contributed by atoms with E-state index in [1.807, 2.05) is 13.8 Å². The summed E-state index contributed by atoms with van der Waals surface area (Å²) in [5, 5.41) is 9.60. The highest BCUT2D eigenvalue weighted by molar-refractivity contribution is 6.32. The first-order valence-corrected chi connectivity index (χ1v) is 6.10. The van der Waals surface area contributed by atoms with Crippen LogP contribution in [0.3, 0.4) is 0 Å². The van der Waals surface area contributed by atoms with Gasteiger partial charge in [-0.05, 0) is 17.5 Å². The van der Waals surface area contributed by atoms with Crippen molar-refractivity contribution in [3.05, 3.63) is 28.3 Å². The average Bonchev–Trinajstić information content (AvgIpc) is 2.28. The molecule has 0 aliphatic heterocycles. The number of rotatable bonds is 5. The molecule has 0 spiro atoms. The van der Waals surface area contributed by atoms with Crippen molar-refractivity contribution in [2.45, 2.75) is 25.7 Å². The summed E-state index contributed by atoms with van der Waals surface area (Å²) in [6.45, 7) is 4.03. The fraction of sp³-hybridized carbons (Fsp3) is 0.462. The summed E-state index contributed by atoms with van der Waals surface area (Å²) in [6.07, 6.45) is 0. The van der Waals surface area contributed by atoms with Crippen LogP contribution in [0.5, 0.6) is 5.75 Å². The van der Waals surface area contributed by atoms with Crippen molar-refractivity contribution < 1.29 is 14.6 Å². The van der Waals surface area contributed by atoms with Crippen LogP contribution in [0.15, 0.2) is 12.1 Å². The molecular weight excluding hydrogens is 254 g/mol. The molecule has 1 aromatic rings. The molecule has 4 nitrogen and oxygen atoms in total. The number of carboxylic acids is 1. The van der Waals surface area contributed by atoms with Gasteiger partial charge in [-0.2, -0.15) is 0 Å². The second-order valence-electron chi connectivity index (χ2n) is 4.41. The molecule has 100 valence electrons. The van der Waals surface area contributed by atoms with Gasteiger partial charge in [0.2, 0.25) is 0 Å². The summed E-state index contributed by atoms with van der Waals surface area (Å²) in [7, 11) is 1.47. The van der Waals surface area contributed by atoms with Crippen molar-refractivity contribution in [1.29, 1.82) is 0 Å². The largest absolute Gasteiger partial charge is 0.495 e. The minimum atomic E-state index is -0.979. The molecule has 5 heteroatoms. The first-order chi connectivity index (χ1) is 8.42. The quantitative estimate of drug-likeness (QED) is 0.863. The van der Waals surface area contributed by atoms with Crippen molar-refractivity contribution in [1.82, 2.24) is 0 Å². The van der Waals surface area contributed by atoms with E-state index in [0.29, 0.717) is 16.3 Å². The molecular formula is C13H18ClNO3. The topological polar surface area (TPSA) is 72.5 Å². The zero-order valence-corrected chi connectivity index (χ0v) is 11.5. The Morgan fingerprint density at radius 2 is 2.11 bits per heavy atom. The first kappa shape index (κ1) is 14.8. The van der Waals surface area contributed by atoms with Gasteiger partial charge in [-0.3, -0.25) is 4.79 Å². The standard InChI is InChI=1S/C13H18ClNO3/c1-7(2)8-4-9(10(6-15)13(16)17)12(18-3)11(14)5-8/h4-5,7,10H,6,15H2,1-3H3,(H,16,17).